The van der Waals surface area contributed by atoms with Crippen LogP contribution < -0.4 is 0 Å². The van der Waals surface area contributed by atoms with E-state index in [0.717, 1.165) is 57.8 Å². The monoisotopic (exact) mass is 564 g/mol. The van der Waals surface area contributed by atoms with E-state index in [9.17, 15) is 24.3 Å². The van der Waals surface area contributed by atoms with E-state index in [1.54, 1.807) is 0 Å². The average Bonchev–Trinajstić information content (AvgIpc) is 2.93. The number of carbonyl (C=O) groups is 4. The number of carboxylic acids is 2. The fourth-order valence-corrected chi connectivity index (χ4v) is 6.15. The molecule has 0 heterocycles. The highest BCUT2D eigenvalue weighted by Crippen LogP contribution is 2.33. The molecule has 1 aliphatic rings. The minimum Gasteiger partial charge on any atom is -0.481 e. The molecule has 0 aromatic heterocycles. The summed E-state index contributed by atoms with van der Waals surface area (Å²) in [7, 11) is 0. The van der Waals surface area contributed by atoms with Crippen LogP contribution >= 0.6 is 0 Å². The van der Waals surface area contributed by atoms with Gasteiger partial charge in [-0.3, -0.25) is 19.2 Å². The molecule has 6 heteroatoms. The first kappa shape index (κ1) is 36.3. The molecule has 0 bridgehead atoms. The van der Waals surface area contributed by atoms with Gasteiger partial charge in [-0.1, -0.05) is 96.8 Å². The average molecular weight is 565 g/mol. The van der Waals surface area contributed by atoms with Crippen LogP contribution in [0.15, 0.2) is 0 Å². The van der Waals surface area contributed by atoms with Crippen molar-refractivity contribution in [1.82, 2.24) is 0 Å². The molecule has 1 rings (SSSR count). The molecular formula is C34H60O6. The Morgan fingerprint density at radius 2 is 1.02 bits per heavy atom. The summed E-state index contributed by atoms with van der Waals surface area (Å²) in [5.41, 5.74) is 0. The lowest BCUT2D eigenvalue weighted by atomic mass is 9.76. The maximum Gasteiger partial charge on any atom is 0.306 e. The van der Waals surface area contributed by atoms with Crippen LogP contribution in [0.25, 0.3) is 0 Å². The van der Waals surface area contributed by atoms with Crippen molar-refractivity contribution in [2.75, 3.05) is 0 Å². The minimum atomic E-state index is -0.864. The summed E-state index contributed by atoms with van der Waals surface area (Å²) >= 11 is 0. The number of carbonyl (C=O) groups excluding carboxylic acids is 2. The Bertz CT molecular complexity index is 695. The Kier molecular flexibility index (Phi) is 21.7. The molecule has 232 valence electrons. The topological polar surface area (TPSA) is 109 Å². The molecule has 0 spiro atoms. The minimum absolute atomic E-state index is 0.0190. The molecule has 1 unspecified atom stereocenters. The van der Waals surface area contributed by atoms with Crippen molar-refractivity contribution in [2.45, 2.75) is 174 Å². The number of unbranched alkanes of at least 4 members (excludes halogenated alkanes) is 15. The van der Waals surface area contributed by atoms with Gasteiger partial charge >= 0.3 is 11.9 Å². The fraction of sp³-hybridized carbons (Fsp3) is 0.882. The number of hydrogen-bond acceptors (Lipinski definition) is 4. The summed E-state index contributed by atoms with van der Waals surface area (Å²) in [6.07, 6.45) is 26.6. The predicted octanol–water partition coefficient (Wildman–Crippen LogP) is 9.32. The van der Waals surface area contributed by atoms with Gasteiger partial charge in [0, 0.05) is 31.6 Å². The smallest absolute Gasteiger partial charge is 0.306 e. The molecule has 1 atom stereocenters. The highest BCUT2D eigenvalue weighted by atomic mass is 16.4. The number of hydrogen-bond donors (Lipinski definition) is 2. The van der Waals surface area contributed by atoms with Crippen LogP contribution in [0.2, 0.25) is 0 Å². The van der Waals surface area contributed by atoms with Crippen molar-refractivity contribution >= 4 is 23.5 Å². The summed E-state index contributed by atoms with van der Waals surface area (Å²) in [5, 5.41) is 17.8. The second-order valence-electron chi connectivity index (χ2n) is 12.5. The molecule has 2 N–H and O–H groups in total. The maximum absolute atomic E-state index is 12.5. The summed E-state index contributed by atoms with van der Waals surface area (Å²) in [6.45, 7) is 1.83. The van der Waals surface area contributed by atoms with E-state index in [1.807, 2.05) is 6.92 Å². The zero-order valence-electron chi connectivity index (χ0n) is 25.6. The summed E-state index contributed by atoms with van der Waals surface area (Å²) in [6, 6.07) is 0. The van der Waals surface area contributed by atoms with Crippen LogP contribution in [0.4, 0.5) is 0 Å². The molecular weight excluding hydrogens is 504 g/mol. The standard InChI is InChI=1S/C34H60O6/c1-2-29(34(39)40)27-32(36)30-24-21-28(22-25-30)23-26-31(35)19-17-15-13-11-9-7-5-3-4-6-8-10-12-14-16-18-20-33(37)38/h28-30H,2-27H2,1H3,(H,37,38)(H,39,40). The van der Waals surface area contributed by atoms with Crippen molar-refractivity contribution in [3.8, 4) is 0 Å². The molecule has 1 saturated carbocycles. The van der Waals surface area contributed by atoms with Crippen LogP contribution in [-0.2, 0) is 19.2 Å². The Morgan fingerprint density at radius 1 is 0.600 bits per heavy atom. The van der Waals surface area contributed by atoms with Crippen LogP contribution in [0.5, 0.6) is 0 Å². The quantitative estimate of drug-likeness (QED) is 0.0962. The zero-order chi connectivity index (χ0) is 29.4. The van der Waals surface area contributed by atoms with E-state index in [0.29, 0.717) is 37.4 Å². The van der Waals surface area contributed by atoms with Gasteiger partial charge in [0.1, 0.15) is 11.6 Å². The Hall–Kier alpha value is -1.72. The van der Waals surface area contributed by atoms with Gasteiger partial charge in [-0.25, -0.2) is 0 Å². The van der Waals surface area contributed by atoms with Crippen molar-refractivity contribution in [3.05, 3.63) is 0 Å². The van der Waals surface area contributed by atoms with Gasteiger partial charge < -0.3 is 10.2 Å². The molecule has 1 aliphatic carbocycles. The highest BCUT2D eigenvalue weighted by Gasteiger charge is 2.29. The first-order valence-electron chi connectivity index (χ1n) is 16.8. The molecule has 40 heavy (non-hydrogen) atoms. The first-order chi connectivity index (χ1) is 19.3. The molecule has 0 amide bonds. The lowest BCUT2D eigenvalue weighted by molar-refractivity contribution is -0.144. The van der Waals surface area contributed by atoms with E-state index in [2.05, 4.69) is 0 Å². The summed E-state index contributed by atoms with van der Waals surface area (Å²) < 4.78 is 0. The normalized spacial score (nSPS) is 17.9. The lowest BCUT2D eigenvalue weighted by Crippen LogP contribution is -2.26. The third-order valence-electron chi connectivity index (χ3n) is 9.02. The van der Waals surface area contributed by atoms with E-state index in [-0.39, 0.29) is 18.1 Å². The SMILES string of the molecule is CCC(CC(=O)C1CCC(CCC(=O)CCCCCCCCCCCCCCCCCCC(=O)O)CC1)C(=O)O. The zero-order valence-corrected chi connectivity index (χ0v) is 25.6. The highest BCUT2D eigenvalue weighted by molar-refractivity contribution is 5.85. The van der Waals surface area contributed by atoms with Gasteiger partial charge in [0.2, 0.25) is 0 Å². The van der Waals surface area contributed by atoms with Gasteiger partial charge in [0.05, 0.1) is 5.92 Å². The van der Waals surface area contributed by atoms with Gasteiger partial charge in [-0.15, -0.1) is 0 Å². The van der Waals surface area contributed by atoms with E-state index in [1.165, 1.54) is 77.0 Å². The molecule has 0 saturated heterocycles. The number of ketones is 2. The maximum atomic E-state index is 12.5. The van der Waals surface area contributed by atoms with Crippen LogP contribution in [-0.4, -0.2) is 33.7 Å². The Balaban J connectivity index is 1.87. The first-order valence-corrected chi connectivity index (χ1v) is 16.8. The third-order valence-corrected chi connectivity index (χ3v) is 9.02. The summed E-state index contributed by atoms with van der Waals surface area (Å²) in [5.74, 6) is -1.02. The lowest BCUT2D eigenvalue weighted by Gasteiger charge is -2.28. The Morgan fingerprint density at radius 3 is 1.43 bits per heavy atom. The van der Waals surface area contributed by atoms with E-state index < -0.39 is 17.9 Å². The molecule has 0 radical (unpaired) electrons. The van der Waals surface area contributed by atoms with Gasteiger partial charge in [0.15, 0.2) is 0 Å². The molecule has 0 aromatic carbocycles. The van der Waals surface area contributed by atoms with E-state index >= 15 is 0 Å². The van der Waals surface area contributed by atoms with Crippen molar-refractivity contribution in [2.24, 2.45) is 17.8 Å². The van der Waals surface area contributed by atoms with Crippen LogP contribution in [0.3, 0.4) is 0 Å². The van der Waals surface area contributed by atoms with Gasteiger partial charge in [-0.2, -0.15) is 0 Å². The third kappa shape index (κ3) is 19.4. The second-order valence-corrected chi connectivity index (χ2v) is 12.5. The van der Waals surface area contributed by atoms with Crippen molar-refractivity contribution < 1.29 is 29.4 Å². The summed E-state index contributed by atoms with van der Waals surface area (Å²) in [4.78, 5) is 46.5. The number of rotatable bonds is 27. The van der Waals surface area contributed by atoms with Gasteiger partial charge in [0.25, 0.3) is 0 Å². The van der Waals surface area contributed by atoms with Crippen molar-refractivity contribution in [3.63, 3.8) is 0 Å². The Labute approximate surface area is 244 Å². The van der Waals surface area contributed by atoms with Gasteiger partial charge in [-0.05, 0) is 57.3 Å². The second kappa shape index (κ2) is 23.9. The van der Waals surface area contributed by atoms with E-state index in [4.69, 9.17) is 5.11 Å². The molecule has 1 fully saturated rings. The largest absolute Gasteiger partial charge is 0.481 e. The van der Waals surface area contributed by atoms with Crippen molar-refractivity contribution in [1.29, 1.82) is 0 Å². The number of Topliss-reactive ketones (excluding diaryl/α,β-unsaturated/α-hetero) is 2. The van der Waals surface area contributed by atoms with Crippen LogP contribution in [0.1, 0.15) is 174 Å². The fourth-order valence-electron chi connectivity index (χ4n) is 6.15. The molecule has 6 nitrogen and oxygen atoms in total. The number of carboxylic acid groups (broad SMARTS) is 2. The van der Waals surface area contributed by atoms with Crippen LogP contribution in [0, 0.1) is 17.8 Å². The molecule has 0 aromatic rings. The number of aliphatic carboxylic acids is 2. The predicted molar refractivity (Wildman–Crippen MR) is 161 cm³/mol. The molecule has 0 aliphatic heterocycles.